The van der Waals surface area contributed by atoms with E-state index < -0.39 is 0 Å². The molecule has 0 aromatic heterocycles. The minimum absolute atomic E-state index is 0. The first-order chi connectivity index (χ1) is 10.7. The molecule has 1 heterocycles. The van der Waals surface area contributed by atoms with E-state index in [2.05, 4.69) is 23.1 Å². The highest BCUT2D eigenvalue weighted by atomic mass is 79.9. The van der Waals surface area contributed by atoms with Crippen LogP contribution in [0.4, 0.5) is 0 Å². The fourth-order valence-corrected chi connectivity index (χ4v) is 5.50. The van der Waals surface area contributed by atoms with E-state index in [1.807, 2.05) is 0 Å². The molecule has 2 fully saturated rings. The van der Waals surface area contributed by atoms with Crippen molar-refractivity contribution in [2.75, 3.05) is 13.7 Å². The lowest BCUT2D eigenvalue weighted by Gasteiger charge is -2.59. The largest absolute Gasteiger partial charge is 0.497 e. The van der Waals surface area contributed by atoms with E-state index in [9.17, 15) is 4.79 Å². The van der Waals surface area contributed by atoms with Crippen molar-refractivity contribution in [3.63, 3.8) is 0 Å². The molecule has 4 rings (SSSR count). The Balaban J connectivity index is 0.00000156. The number of methoxy groups -OCH3 is 1. The first-order valence-corrected chi connectivity index (χ1v) is 8.60. The second-order valence-electron chi connectivity index (χ2n) is 7.27. The van der Waals surface area contributed by atoms with Crippen LogP contribution in [-0.2, 0) is 16.6 Å². The lowest BCUT2D eigenvalue weighted by atomic mass is 9.52. The van der Waals surface area contributed by atoms with Crippen LogP contribution >= 0.6 is 17.0 Å². The summed E-state index contributed by atoms with van der Waals surface area (Å²) in [5, 5.41) is 0. The quantitative estimate of drug-likeness (QED) is 0.740. The Morgan fingerprint density at radius 3 is 2.87 bits per heavy atom. The molecule has 2 aliphatic carbocycles. The van der Waals surface area contributed by atoms with Gasteiger partial charge in [-0.2, -0.15) is 0 Å². The zero-order chi connectivity index (χ0) is 15.3. The van der Waals surface area contributed by atoms with Crippen LogP contribution < -0.4 is 4.74 Å². The van der Waals surface area contributed by atoms with Crippen LogP contribution in [0.1, 0.15) is 50.2 Å². The number of likely N-dealkylation sites (tertiary alicyclic amines) is 1. The van der Waals surface area contributed by atoms with Gasteiger partial charge in [-0.05, 0) is 54.9 Å². The van der Waals surface area contributed by atoms with Gasteiger partial charge in [-0.25, -0.2) is 0 Å². The average molecular weight is 380 g/mol. The van der Waals surface area contributed by atoms with Crippen LogP contribution in [0.15, 0.2) is 18.2 Å². The molecule has 0 spiro atoms. The summed E-state index contributed by atoms with van der Waals surface area (Å²) < 4.78 is 5.49. The molecule has 1 aromatic carbocycles. The summed E-state index contributed by atoms with van der Waals surface area (Å²) in [4.78, 5) is 14.2. The molecule has 23 heavy (non-hydrogen) atoms. The molecule has 3 atom stereocenters. The molecule has 1 aromatic rings. The number of hydrogen-bond acceptors (Lipinski definition) is 2. The molecule has 0 unspecified atom stereocenters. The van der Waals surface area contributed by atoms with Gasteiger partial charge >= 0.3 is 0 Å². The third-order valence-electron chi connectivity index (χ3n) is 6.45. The van der Waals surface area contributed by atoms with Crippen LogP contribution in [0.25, 0.3) is 0 Å². The summed E-state index contributed by atoms with van der Waals surface area (Å²) >= 11 is 0. The number of nitrogens with zero attached hydrogens (tertiary/aromatic N) is 1. The highest BCUT2D eigenvalue weighted by Gasteiger charge is 2.54. The Labute approximate surface area is 149 Å². The van der Waals surface area contributed by atoms with Crippen molar-refractivity contribution < 1.29 is 9.53 Å². The van der Waals surface area contributed by atoms with Gasteiger partial charge in [0.1, 0.15) is 5.75 Å². The van der Waals surface area contributed by atoms with Crippen LogP contribution in [0.3, 0.4) is 0 Å². The molecule has 0 radical (unpaired) electrons. The topological polar surface area (TPSA) is 29.5 Å². The van der Waals surface area contributed by atoms with E-state index in [0.717, 1.165) is 25.1 Å². The van der Waals surface area contributed by atoms with E-state index in [-0.39, 0.29) is 28.3 Å². The highest BCUT2D eigenvalue weighted by Crippen LogP contribution is 2.56. The normalized spacial score (nSPS) is 31.5. The summed E-state index contributed by atoms with van der Waals surface area (Å²) in [5.74, 6) is 1.87. The number of hydrogen-bond donors (Lipinski definition) is 0. The van der Waals surface area contributed by atoms with E-state index in [0.29, 0.717) is 12.0 Å². The first-order valence-electron chi connectivity index (χ1n) is 8.60. The zero-order valence-electron chi connectivity index (χ0n) is 14.0. The lowest BCUT2D eigenvalue weighted by Crippen LogP contribution is -2.61. The van der Waals surface area contributed by atoms with Gasteiger partial charge in [0.2, 0.25) is 5.91 Å². The number of carbonyl (C=O) groups excluding carboxylic acids is 1. The molecule has 3 nitrogen and oxygen atoms in total. The van der Waals surface area contributed by atoms with Crippen molar-refractivity contribution in [2.24, 2.45) is 5.92 Å². The van der Waals surface area contributed by atoms with Gasteiger partial charge in [-0.3, -0.25) is 4.79 Å². The molecule has 1 saturated heterocycles. The number of halogens is 1. The van der Waals surface area contributed by atoms with Gasteiger partial charge in [0, 0.05) is 24.9 Å². The Hall–Kier alpha value is -1.03. The maximum atomic E-state index is 12.1. The van der Waals surface area contributed by atoms with E-state index in [1.54, 1.807) is 14.0 Å². The minimum Gasteiger partial charge on any atom is -0.497 e. The van der Waals surface area contributed by atoms with Crippen LogP contribution in [0.2, 0.25) is 0 Å². The molecule has 2 bridgehead atoms. The molecule has 0 N–H and O–H groups in total. The van der Waals surface area contributed by atoms with Gasteiger partial charge in [-0.1, -0.05) is 18.9 Å². The number of amides is 1. The summed E-state index contributed by atoms with van der Waals surface area (Å²) in [6.07, 6.45) is 7.32. The van der Waals surface area contributed by atoms with Crippen molar-refractivity contribution in [3.8, 4) is 5.75 Å². The van der Waals surface area contributed by atoms with Gasteiger partial charge in [0.15, 0.2) is 0 Å². The Bertz CT molecular complexity index is 617. The summed E-state index contributed by atoms with van der Waals surface area (Å²) in [5.41, 5.74) is 3.25. The molecule has 3 aliphatic rings. The van der Waals surface area contributed by atoms with Crippen molar-refractivity contribution >= 4 is 22.9 Å². The van der Waals surface area contributed by atoms with Gasteiger partial charge in [0.05, 0.1) is 7.11 Å². The molecule has 1 aliphatic heterocycles. The number of fused-ring (bicyclic) bond motifs is 1. The van der Waals surface area contributed by atoms with Crippen LogP contribution in [0.5, 0.6) is 5.75 Å². The van der Waals surface area contributed by atoms with Crippen molar-refractivity contribution in [1.82, 2.24) is 4.90 Å². The maximum Gasteiger partial charge on any atom is 0.219 e. The van der Waals surface area contributed by atoms with E-state index >= 15 is 0 Å². The number of ether oxygens (including phenoxy) is 1. The second kappa shape index (κ2) is 6.12. The van der Waals surface area contributed by atoms with Gasteiger partial charge in [0.25, 0.3) is 0 Å². The third-order valence-corrected chi connectivity index (χ3v) is 6.45. The zero-order valence-corrected chi connectivity index (χ0v) is 15.7. The number of piperidine rings is 1. The molecule has 4 heteroatoms. The second-order valence-corrected chi connectivity index (χ2v) is 7.27. The number of benzene rings is 1. The Morgan fingerprint density at radius 1 is 1.30 bits per heavy atom. The van der Waals surface area contributed by atoms with Gasteiger partial charge in [-0.15, -0.1) is 17.0 Å². The number of rotatable bonds is 1. The Morgan fingerprint density at radius 2 is 2.13 bits per heavy atom. The van der Waals surface area contributed by atoms with Crippen LogP contribution in [-0.4, -0.2) is 30.5 Å². The van der Waals surface area contributed by atoms with Crippen molar-refractivity contribution in [1.29, 1.82) is 0 Å². The average Bonchev–Trinajstić information content (AvgIpc) is 2.54. The summed E-state index contributed by atoms with van der Waals surface area (Å²) in [6.45, 7) is 2.66. The first kappa shape index (κ1) is 16.8. The summed E-state index contributed by atoms with van der Waals surface area (Å²) in [7, 11) is 1.75. The predicted octanol–water partition coefficient (Wildman–Crippen LogP) is 3.88. The highest BCUT2D eigenvalue weighted by molar-refractivity contribution is 8.93. The smallest absolute Gasteiger partial charge is 0.219 e. The predicted molar refractivity (Wildman–Crippen MR) is 96.4 cm³/mol. The molecule has 126 valence electrons. The van der Waals surface area contributed by atoms with E-state index in [1.165, 1.54) is 36.8 Å². The maximum absolute atomic E-state index is 12.1. The standard InChI is InChI=1S/C19H25NO2.BrH/c1-13(21)20-10-9-19-8-4-3-5-16(19)18(20)11-14-6-7-15(22-2)12-17(14)19;/h6-7,12,16,18H,3-5,8-11H2,1-2H3;1H/t16-,18+,19+;/m0./s1. The third kappa shape index (κ3) is 2.41. The molecular formula is C19H26BrNO2. The van der Waals surface area contributed by atoms with Crippen molar-refractivity contribution in [2.45, 2.75) is 56.9 Å². The summed E-state index contributed by atoms with van der Waals surface area (Å²) in [6, 6.07) is 7.00. The monoisotopic (exact) mass is 379 g/mol. The SMILES string of the molecule is Br.COc1ccc2c(c1)[C@@]13CCCC[C@H]1[C@@H](C2)N(C(C)=O)CC3. The van der Waals surface area contributed by atoms with Gasteiger partial charge < -0.3 is 9.64 Å². The number of carbonyl (C=O) groups is 1. The van der Waals surface area contributed by atoms with Crippen molar-refractivity contribution in [3.05, 3.63) is 29.3 Å². The van der Waals surface area contributed by atoms with Crippen LogP contribution in [0, 0.1) is 5.92 Å². The molecular weight excluding hydrogens is 354 g/mol. The van der Waals surface area contributed by atoms with E-state index in [4.69, 9.17) is 4.74 Å². The molecule has 1 amide bonds. The molecule has 1 saturated carbocycles. The Kier molecular flexibility index (Phi) is 4.47. The fourth-order valence-electron chi connectivity index (χ4n) is 5.50. The lowest BCUT2D eigenvalue weighted by molar-refractivity contribution is -0.138. The fraction of sp³-hybridized carbons (Fsp3) is 0.632. The minimum atomic E-state index is 0.